The molecule has 1 aliphatic carbocycles. The standard InChI is InChI=1S/C22H26ClNO3/c1-22(2,3)24(21(26)27)20-11-7-15-6-10-17(25)13-18(15)19(20)12-14-4-8-16(23)9-5-14/h4-6,8-10,13,19-20,25H,7,11-12H2,1-3H3,(H,26,27). The molecule has 5 heteroatoms. The van der Waals surface area contributed by atoms with Crippen LogP contribution in [-0.2, 0) is 12.8 Å². The topological polar surface area (TPSA) is 60.8 Å². The maximum Gasteiger partial charge on any atom is 0.408 e. The van der Waals surface area contributed by atoms with Gasteiger partial charge in [0.1, 0.15) is 5.75 Å². The van der Waals surface area contributed by atoms with Crippen LogP contribution in [0.3, 0.4) is 0 Å². The molecule has 0 heterocycles. The van der Waals surface area contributed by atoms with Gasteiger partial charge in [0.25, 0.3) is 0 Å². The van der Waals surface area contributed by atoms with Gasteiger partial charge < -0.3 is 10.2 Å². The molecule has 4 nitrogen and oxygen atoms in total. The molecule has 2 unspecified atom stereocenters. The fourth-order valence-electron chi connectivity index (χ4n) is 4.22. The number of fused-ring (bicyclic) bond motifs is 1. The Hall–Kier alpha value is -2.20. The summed E-state index contributed by atoms with van der Waals surface area (Å²) in [7, 11) is 0. The summed E-state index contributed by atoms with van der Waals surface area (Å²) < 4.78 is 0. The van der Waals surface area contributed by atoms with E-state index in [1.807, 2.05) is 51.1 Å². The van der Waals surface area contributed by atoms with Crippen molar-refractivity contribution in [2.24, 2.45) is 0 Å². The van der Waals surface area contributed by atoms with E-state index in [2.05, 4.69) is 0 Å². The van der Waals surface area contributed by atoms with Crippen LogP contribution in [-0.4, -0.2) is 32.8 Å². The zero-order chi connectivity index (χ0) is 19.8. The third-order valence-corrected chi connectivity index (χ3v) is 5.58. The highest BCUT2D eigenvalue weighted by Gasteiger charge is 2.40. The normalized spacial score (nSPS) is 19.4. The largest absolute Gasteiger partial charge is 0.508 e. The van der Waals surface area contributed by atoms with Crippen LogP contribution in [0.15, 0.2) is 42.5 Å². The lowest BCUT2D eigenvalue weighted by atomic mass is 9.74. The van der Waals surface area contributed by atoms with Crippen LogP contribution in [0, 0.1) is 0 Å². The van der Waals surface area contributed by atoms with Gasteiger partial charge in [0, 0.05) is 22.5 Å². The number of nitrogens with zero attached hydrogens (tertiary/aromatic N) is 1. The highest BCUT2D eigenvalue weighted by atomic mass is 35.5. The smallest absolute Gasteiger partial charge is 0.408 e. The minimum atomic E-state index is -0.905. The number of hydrogen-bond donors (Lipinski definition) is 2. The maximum absolute atomic E-state index is 12.1. The Morgan fingerprint density at radius 1 is 1.19 bits per heavy atom. The van der Waals surface area contributed by atoms with E-state index < -0.39 is 11.6 Å². The molecule has 0 saturated carbocycles. The van der Waals surface area contributed by atoms with Gasteiger partial charge in [-0.1, -0.05) is 29.8 Å². The van der Waals surface area contributed by atoms with Crippen molar-refractivity contribution >= 4 is 17.7 Å². The third kappa shape index (κ3) is 4.22. The molecule has 0 fully saturated rings. The fourth-order valence-corrected chi connectivity index (χ4v) is 4.35. The number of aryl methyl sites for hydroxylation is 1. The van der Waals surface area contributed by atoms with E-state index >= 15 is 0 Å². The highest BCUT2D eigenvalue weighted by Crippen LogP contribution is 2.40. The van der Waals surface area contributed by atoms with Crippen LogP contribution in [0.4, 0.5) is 4.79 Å². The Morgan fingerprint density at radius 3 is 2.44 bits per heavy atom. The first-order valence-corrected chi connectivity index (χ1v) is 9.63. The molecule has 1 aliphatic rings. The van der Waals surface area contributed by atoms with Crippen molar-refractivity contribution in [3.8, 4) is 5.75 Å². The number of amides is 1. The molecule has 2 N–H and O–H groups in total. The number of hydrogen-bond acceptors (Lipinski definition) is 2. The number of phenolic OH excluding ortho intramolecular Hbond substituents is 1. The summed E-state index contributed by atoms with van der Waals surface area (Å²) in [6.07, 6.45) is 1.35. The second-order valence-electron chi connectivity index (χ2n) is 8.25. The molecule has 2 aromatic rings. The van der Waals surface area contributed by atoms with Gasteiger partial charge >= 0.3 is 6.09 Å². The number of halogens is 1. The van der Waals surface area contributed by atoms with Gasteiger partial charge in [0.05, 0.1) is 0 Å². The van der Waals surface area contributed by atoms with Crippen LogP contribution in [0.25, 0.3) is 0 Å². The van der Waals surface area contributed by atoms with Crippen LogP contribution >= 0.6 is 11.6 Å². The number of rotatable bonds is 3. The Balaban J connectivity index is 2.06. The molecule has 0 aliphatic heterocycles. The van der Waals surface area contributed by atoms with E-state index in [0.29, 0.717) is 11.4 Å². The highest BCUT2D eigenvalue weighted by molar-refractivity contribution is 6.30. The van der Waals surface area contributed by atoms with Gasteiger partial charge in [0.2, 0.25) is 0 Å². The van der Waals surface area contributed by atoms with E-state index in [4.69, 9.17) is 11.6 Å². The first-order valence-electron chi connectivity index (χ1n) is 9.25. The predicted octanol–water partition coefficient (Wildman–Crippen LogP) is 5.47. The Bertz CT molecular complexity index is 826. The second kappa shape index (κ2) is 7.43. The molecular formula is C22H26ClNO3. The van der Waals surface area contributed by atoms with Crippen molar-refractivity contribution in [2.75, 3.05) is 0 Å². The first kappa shape index (κ1) is 19.6. The molecule has 1 amide bonds. The van der Waals surface area contributed by atoms with Crippen molar-refractivity contribution in [1.82, 2.24) is 4.90 Å². The summed E-state index contributed by atoms with van der Waals surface area (Å²) >= 11 is 6.02. The maximum atomic E-state index is 12.1. The molecular weight excluding hydrogens is 362 g/mol. The molecule has 144 valence electrons. The molecule has 2 aromatic carbocycles. The average molecular weight is 388 g/mol. The first-order chi connectivity index (χ1) is 12.7. The van der Waals surface area contributed by atoms with E-state index in [1.165, 1.54) is 5.56 Å². The van der Waals surface area contributed by atoms with Crippen molar-refractivity contribution in [3.63, 3.8) is 0 Å². The lowest BCUT2D eigenvalue weighted by molar-refractivity contribution is 0.0545. The molecule has 0 radical (unpaired) electrons. The lowest BCUT2D eigenvalue weighted by Gasteiger charge is -2.46. The Morgan fingerprint density at radius 2 is 1.85 bits per heavy atom. The average Bonchev–Trinajstić information content (AvgIpc) is 2.57. The summed E-state index contributed by atoms with van der Waals surface area (Å²) in [5.41, 5.74) is 2.81. The van der Waals surface area contributed by atoms with Gasteiger partial charge in [-0.25, -0.2) is 4.79 Å². The Labute approximate surface area is 165 Å². The summed E-state index contributed by atoms with van der Waals surface area (Å²) in [4.78, 5) is 13.7. The quantitative estimate of drug-likeness (QED) is 0.734. The van der Waals surface area contributed by atoms with E-state index in [1.54, 1.807) is 17.0 Å². The number of benzene rings is 2. The van der Waals surface area contributed by atoms with Crippen LogP contribution in [0.5, 0.6) is 5.75 Å². The number of phenols is 1. The molecule has 0 saturated heterocycles. The Kier molecular flexibility index (Phi) is 5.38. The second-order valence-corrected chi connectivity index (χ2v) is 8.69. The predicted molar refractivity (Wildman–Crippen MR) is 108 cm³/mol. The molecule has 27 heavy (non-hydrogen) atoms. The van der Waals surface area contributed by atoms with Gasteiger partial charge in [-0.15, -0.1) is 0 Å². The van der Waals surface area contributed by atoms with Crippen molar-refractivity contribution in [3.05, 3.63) is 64.2 Å². The van der Waals surface area contributed by atoms with E-state index in [-0.39, 0.29) is 17.7 Å². The molecule has 2 atom stereocenters. The van der Waals surface area contributed by atoms with E-state index in [0.717, 1.165) is 24.0 Å². The zero-order valence-corrected chi connectivity index (χ0v) is 16.7. The number of aromatic hydroxyl groups is 1. The summed E-state index contributed by atoms with van der Waals surface area (Å²) in [5, 5.41) is 20.7. The number of carbonyl (C=O) groups is 1. The molecule has 3 rings (SSSR count). The zero-order valence-electron chi connectivity index (χ0n) is 15.9. The van der Waals surface area contributed by atoms with Crippen molar-refractivity contribution in [2.45, 2.75) is 57.5 Å². The molecule has 0 aromatic heterocycles. The molecule has 0 spiro atoms. The van der Waals surface area contributed by atoms with Gasteiger partial charge in [-0.3, -0.25) is 4.90 Å². The lowest BCUT2D eigenvalue weighted by Crippen LogP contribution is -2.54. The van der Waals surface area contributed by atoms with Gasteiger partial charge in [-0.2, -0.15) is 0 Å². The fraction of sp³-hybridized carbons (Fsp3) is 0.409. The van der Waals surface area contributed by atoms with Crippen LogP contribution in [0.2, 0.25) is 5.02 Å². The third-order valence-electron chi connectivity index (χ3n) is 5.33. The van der Waals surface area contributed by atoms with E-state index in [9.17, 15) is 15.0 Å². The number of carboxylic acid groups (broad SMARTS) is 1. The van der Waals surface area contributed by atoms with Crippen molar-refractivity contribution < 1.29 is 15.0 Å². The van der Waals surface area contributed by atoms with Crippen molar-refractivity contribution in [1.29, 1.82) is 0 Å². The summed E-state index contributed by atoms with van der Waals surface area (Å²) in [6.45, 7) is 5.79. The minimum Gasteiger partial charge on any atom is -0.508 e. The van der Waals surface area contributed by atoms with Crippen LogP contribution in [0.1, 0.15) is 49.8 Å². The van der Waals surface area contributed by atoms with Crippen LogP contribution < -0.4 is 0 Å². The minimum absolute atomic E-state index is 0.0302. The monoisotopic (exact) mass is 387 g/mol. The SMILES string of the molecule is CC(C)(C)N(C(=O)O)C1CCc2ccc(O)cc2C1Cc1ccc(Cl)cc1. The van der Waals surface area contributed by atoms with Gasteiger partial charge in [0.15, 0.2) is 0 Å². The van der Waals surface area contributed by atoms with Gasteiger partial charge in [-0.05, 0) is 81.0 Å². The molecule has 0 bridgehead atoms. The summed E-state index contributed by atoms with van der Waals surface area (Å²) in [5.74, 6) is 0.186. The summed E-state index contributed by atoms with van der Waals surface area (Å²) in [6, 6.07) is 13.0.